The van der Waals surface area contributed by atoms with Gasteiger partial charge in [0.1, 0.15) is 5.82 Å². The first kappa shape index (κ1) is 18.2. The number of aromatic nitrogens is 2. The molecule has 1 N–H and O–H groups in total. The molecule has 148 valence electrons. The number of hydrogen-bond donors (Lipinski definition) is 1. The topological polar surface area (TPSA) is 68.0 Å². The van der Waals surface area contributed by atoms with E-state index in [9.17, 15) is 9.18 Å². The Morgan fingerprint density at radius 2 is 1.89 bits per heavy atom. The van der Waals surface area contributed by atoms with Crippen molar-refractivity contribution in [2.24, 2.45) is 17.8 Å². The fraction of sp³-hybridized carbons (Fsp3) is 0.571. The normalized spacial score (nSPS) is 30.6. The lowest BCUT2D eigenvalue weighted by molar-refractivity contribution is -0.113. The van der Waals surface area contributed by atoms with E-state index in [-0.39, 0.29) is 22.8 Å². The van der Waals surface area contributed by atoms with Crippen LogP contribution in [0.3, 0.4) is 0 Å². The number of rotatable bonds is 5. The molecule has 0 saturated heterocycles. The van der Waals surface area contributed by atoms with Crippen LogP contribution in [0.1, 0.15) is 50.0 Å². The van der Waals surface area contributed by atoms with Crippen molar-refractivity contribution < 1.29 is 13.6 Å². The highest BCUT2D eigenvalue weighted by Crippen LogP contribution is 2.60. The number of nitrogens with one attached hydrogen (secondary N) is 1. The second-order valence-corrected chi connectivity index (χ2v) is 9.82. The molecule has 4 bridgehead atoms. The molecule has 28 heavy (non-hydrogen) atoms. The minimum absolute atomic E-state index is 0.0633. The van der Waals surface area contributed by atoms with Crippen LogP contribution in [-0.4, -0.2) is 21.9 Å². The summed E-state index contributed by atoms with van der Waals surface area (Å²) in [6.07, 6.45) is 7.59. The molecule has 0 spiro atoms. The molecule has 0 aliphatic heterocycles. The molecule has 4 aliphatic carbocycles. The molecule has 4 fully saturated rings. The van der Waals surface area contributed by atoms with E-state index in [1.807, 2.05) is 6.92 Å². The van der Waals surface area contributed by atoms with Crippen LogP contribution in [0.25, 0.3) is 0 Å². The van der Waals surface area contributed by atoms with Crippen LogP contribution in [0.2, 0.25) is 0 Å². The minimum atomic E-state index is -0.430. The number of carbonyl (C=O) groups is 1. The summed E-state index contributed by atoms with van der Waals surface area (Å²) in [5, 5.41) is 11.6. The van der Waals surface area contributed by atoms with Crippen molar-refractivity contribution in [2.75, 3.05) is 11.1 Å². The van der Waals surface area contributed by atoms with E-state index in [2.05, 4.69) is 15.5 Å². The van der Waals surface area contributed by atoms with Crippen LogP contribution in [-0.2, 0) is 10.2 Å². The zero-order valence-electron chi connectivity index (χ0n) is 15.9. The van der Waals surface area contributed by atoms with Crippen LogP contribution in [0.4, 0.5) is 10.1 Å². The van der Waals surface area contributed by atoms with Gasteiger partial charge in [0.2, 0.25) is 11.8 Å². The molecule has 7 heteroatoms. The van der Waals surface area contributed by atoms with Crippen LogP contribution in [0.15, 0.2) is 27.8 Å². The molecule has 4 aliphatic rings. The zero-order chi connectivity index (χ0) is 19.3. The second kappa shape index (κ2) is 6.87. The number of nitrogens with zero attached hydrogens (tertiary/aromatic N) is 2. The quantitative estimate of drug-likeness (QED) is 0.735. The largest absolute Gasteiger partial charge is 0.415 e. The number of anilines is 1. The smallest absolute Gasteiger partial charge is 0.277 e. The second-order valence-electron chi connectivity index (χ2n) is 8.89. The van der Waals surface area contributed by atoms with Crippen molar-refractivity contribution in [2.45, 2.75) is 56.1 Å². The van der Waals surface area contributed by atoms with E-state index >= 15 is 0 Å². The van der Waals surface area contributed by atoms with E-state index in [1.165, 1.54) is 56.4 Å². The fourth-order valence-corrected chi connectivity index (χ4v) is 6.45. The van der Waals surface area contributed by atoms with Gasteiger partial charge in [-0.3, -0.25) is 4.79 Å². The Morgan fingerprint density at radius 1 is 1.21 bits per heavy atom. The van der Waals surface area contributed by atoms with E-state index in [0.717, 1.165) is 29.2 Å². The number of thioether (sulfide) groups is 1. The number of hydrogen-bond acceptors (Lipinski definition) is 5. The predicted molar refractivity (Wildman–Crippen MR) is 105 cm³/mol. The summed E-state index contributed by atoms with van der Waals surface area (Å²) in [6.45, 7) is 1.81. The number of halogens is 1. The first-order valence-electron chi connectivity index (χ1n) is 10.0. The van der Waals surface area contributed by atoms with Gasteiger partial charge < -0.3 is 9.73 Å². The number of amides is 1. The van der Waals surface area contributed by atoms with Crippen molar-refractivity contribution in [3.05, 3.63) is 35.5 Å². The molecule has 1 aromatic carbocycles. The first-order chi connectivity index (χ1) is 13.5. The van der Waals surface area contributed by atoms with Gasteiger partial charge in [0.15, 0.2) is 0 Å². The van der Waals surface area contributed by atoms with Gasteiger partial charge in [0.05, 0.1) is 11.4 Å². The highest BCUT2D eigenvalue weighted by Gasteiger charge is 2.54. The van der Waals surface area contributed by atoms with Crippen LogP contribution >= 0.6 is 11.8 Å². The molecule has 6 rings (SSSR count). The van der Waals surface area contributed by atoms with E-state index in [1.54, 1.807) is 12.1 Å². The van der Waals surface area contributed by atoms with Crippen molar-refractivity contribution in [3.8, 4) is 0 Å². The van der Waals surface area contributed by atoms with Crippen LogP contribution in [0.5, 0.6) is 0 Å². The summed E-state index contributed by atoms with van der Waals surface area (Å²) in [5.74, 6) is 2.58. The summed E-state index contributed by atoms with van der Waals surface area (Å²) in [6, 6.07) is 4.74. The molecule has 1 aromatic heterocycles. The molecule has 0 radical (unpaired) electrons. The minimum Gasteiger partial charge on any atom is -0.415 e. The molecule has 4 saturated carbocycles. The van der Waals surface area contributed by atoms with Crippen molar-refractivity contribution >= 4 is 23.4 Å². The Balaban J connectivity index is 1.22. The van der Waals surface area contributed by atoms with Gasteiger partial charge in [-0.05, 0) is 80.9 Å². The van der Waals surface area contributed by atoms with Crippen molar-refractivity contribution in [1.82, 2.24) is 10.2 Å². The monoisotopic (exact) mass is 401 g/mol. The molecule has 1 amide bonds. The number of benzene rings is 1. The van der Waals surface area contributed by atoms with E-state index < -0.39 is 5.82 Å². The SMILES string of the molecule is Cc1ccc(NC(=O)CSc2nnc(C34CC5CC(CC(C5)C3)C4)o2)c(F)c1. The average Bonchev–Trinajstić information content (AvgIpc) is 3.11. The van der Waals surface area contributed by atoms with E-state index in [0.29, 0.717) is 5.22 Å². The highest BCUT2D eigenvalue weighted by molar-refractivity contribution is 7.99. The lowest BCUT2D eigenvalue weighted by Gasteiger charge is -2.55. The maximum Gasteiger partial charge on any atom is 0.277 e. The lowest BCUT2D eigenvalue weighted by atomic mass is 9.49. The molecular formula is C21H24FN3O2S. The van der Waals surface area contributed by atoms with Gasteiger partial charge >= 0.3 is 0 Å². The standard InChI is InChI=1S/C21H24FN3O2S/c1-12-2-3-17(16(22)4-12)23-18(26)11-28-20-25-24-19(27-20)21-8-13-5-14(9-21)7-15(6-13)10-21/h2-4,13-15H,5-11H2,1H3,(H,23,26). The highest BCUT2D eigenvalue weighted by atomic mass is 32.2. The molecule has 1 heterocycles. The predicted octanol–water partition coefficient (Wildman–Crippen LogP) is 4.72. The Hall–Kier alpha value is -1.89. The third-order valence-corrected chi connectivity index (χ3v) is 7.44. The summed E-state index contributed by atoms with van der Waals surface area (Å²) in [5.41, 5.74) is 1.07. The molecule has 0 unspecified atom stereocenters. The van der Waals surface area contributed by atoms with Gasteiger partial charge in [-0.2, -0.15) is 0 Å². The van der Waals surface area contributed by atoms with Gasteiger partial charge in [-0.1, -0.05) is 17.8 Å². The number of aryl methyl sites for hydroxylation is 1. The Morgan fingerprint density at radius 3 is 2.54 bits per heavy atom. The Labute approximate surface area is 167 Å². The fourth-order valence-electron chi connectivity index (χ4n) is 5.89. The summed E-state index contributed by atoms with van der Waals surface area (Å²) >= 11 is 1.21. The average molecular weight is 402 g/mol. The number of carbonyl (C=O) groups excluding carboxylic acids is 1. The molecule has 5 nitrogen and oxygen atoms in total. The molecular weight excluding hydrogens is 377 g/mol. The maximum absolute atomic E-state index is 13.9. The van der Waals surface area contributed by atoms with E-state index in [4.69, 9.17) is 4.42 Å². The maximum atomic E-state index is 13.9. The summed E-state index contributed by atoms with van der Waals surface area (Å²) < 4.78 is 19.9. The first-order valence-corrected chi connectivity index (χ1v) is 11.0. The summed E-state index contributed by atoms with van der Waals surface area (Å²) in [4.78, 5) is 12.2. The molecule has 2 aromatic rings. The zero-order valence-corrected chi connectivity index (χ0v) is 16.7. The van der Waals surface area contributed by atoms with Gasteiger partial charge in [0, 0.05) is 5.41 Å². The van der Waals surface area contributed by atoms with Crippen molar-refractivity contribution in [3.63, 3.8) is 0 Å². The van der Waals surface area contributed by atoms with Gasteiger partial charge in [-0.25, -0.2) is 4.39 Å². The van der Waals surface area contributed by atoms with Crippen LogP contribution in [0, 0.1) is 30.5 Å². The Bertz CT molecular complexity index is 878. The van der Waals surface area contributed by atoms with Crippen LogP contribution < -0.4 is 5.32 Å². The van der Waals surface area contributed by atoms with Crippen molar-refractivity contribution in [1.29, 1.82) is 0 Å². The van der Waals surface area contributed by atoms with Gasteiger partial charge in [0.25, 0.3) is 5.22 Å². The Kier molecular flexibility index (Phi) is 4.45. The third-order valence-electron chi connectivity index (χ3n) is 6.62. The molecule has 0 atom stereocenters. The lowest BCUT2D eigenvalue weighted by Crippen LogP contribution is -2.48. The van der Waals surface area contributed by atoms with Gasteiger partial charge in [-0.15, -0.1) is 10.2 Å². The third kappa shape index (κ3) is 3.34. The summed E-state index contributed by atoms with van der Waals surface area (Å²) in [7, 11) is 0.